The van der Waals surface area contributed by atoms with Crippen molar-refractivity contribution >= 4 is 31.8 Å². The average Bonchev–Trinajstić information content (AvgIpc) is 2.75. The van der Waals surface area contributed by atoms with Crippen LogP contribution in [0.15, 0.2) is 10.9 Å². The van der Waals surface area contributed by atoms with Gasteiger partial charge in [0.25, 0.3) is 5.56 Å². The van der Waals surface area contributed by atoms with E-state index in [1.807, 2.05) is 6.92 Å². The molecule has 102 valence electrons. The number of thiophene rings is 1. The highest BCUT2D eigenvalue weighted by Gasteiger charge is 2.18. The number of H-pyrrole nitrogens is 1. The van der Waals surface area contributed by atoms with Crippen molar-refractivity contribution in [1.82, 2.24) is 19.9 Å². The maximum Gasteiger partial charge on any atom is 0.268 e. The second kappa shape index (κ2) is 4.10. The first-order valence-corrected chi connectivity index (χ1v) is 7.44. The highest BCUT2D eigenvalue weighted by Crippen LogP contribution is 2.31. The Morgan fingerprint density at radius 2 is 2.25 bits per heavy atom. The van der Waals surface area contributed by atoms with Crippen LogP contribution in [0.1, 0.15) is 17.1 Å². The van der Waals surface area contributed by atoms with Crippen molar-refractivity contribution in [3.63, 3.8) is 0 Å². The third-order valence-corrected chi connectivity index (χ3v) is 4.86. The lowest BCUT2D eigenvalue weighted by atomic mass is 10.0. The van der Waals surface area contributed by atoms with E-state index in [2.05, 4.69) is 28.0 Å². The van der Waals surface area contributed by atoms with E-state index in [0.717, 1.165) is 40.9 Å². The lowest BCUT2D eigenvalue weighted by Crippen LogP contribution is -2.27. The molecule has 6 heteroatoms. The fourth-order valence-electron chi connectivity index (χ4n) is 2.79. The molecule has 1 aliphatic rings. The van der Waals surface area contributed by atoms with Gasteiger partial charge in [-0.05, 0) is 25.6 Å². The van der Waals surface area contributed by atoms with Gasteiger partial charge in [-0.3, -0.25) is 4.79 Å². The van der Waals surface area contributed by atoms with Gasteiger partial charge in [0.1, 0.15) is 15.4 Å². The van der Waals surface area contributed by atoms with Gasteiger partial charge in [-0.1, -0.05) is 0 Å². The first-order valence-electron chi connectivity index (χ1n) is 6.62. The normalized spacial score (nSPS) is 15.9. The van der Waals surface area contributed by atoms with E-state index in [1.54, 1.807) is 0 Å². The Hall–Kier alpha value is -1.79. The van der Waals surface area contributed by atoms with E-state index in [0.29, 0.717) is 10.5 Å². The number of rotatable bonds is 0. The summed E-state index contributed by atoms with van der Waals surface area (Å²) in [5, 5.41) is 1.01. The molecule has 0 aromatic carbocycles. The fourth-order valence-corrected chi connectivity index (χ4v) is 3.80. The number of hydrogen-bond acceptors (Lipinski definition) is 5. The van der Waals surface area contributed by atoms with Crippen LogP contribution in [0.25, 0.3) is 20.4 Å². The molecule has 0 unspecified atom stereocenters. The zero-order valence-corrected chi connectivity index (χ0v) is 12.2. The van der Waals surface area contributed by atoms with Crippen molar-refractivity contribution in [2.45, 2.75) is 19.9 Å². The van der Waals surface area contributed by atoms with Crippen molar-refractivity contribution < 1.29 is 0 Å². The molecule has 0 amide bonds. The lowest BCUT2D eigenvalue weighted by Gasteiger charge is -2.23. The van der Waals surface area contributed by atoms with Gasteiger partial charge in [0.15, 0.2) is 0 Å². The van der Waals surface area contributed by atoms with E-state index < -0.39 is 0 Å². The number of fused-ring (bicyclic) bond motifs is 4. The molecule has 0 saturated carbocycles. The van der Waals surface area contributed by atoms with E-state index in [-0.39, 0.29) is 5.56 Å². The van der Waals surface area contributed by atoms with Crippen LogP contribution in [0, 0.1) is 6.92 Å². The van der Waals surface area contributed by atoms with Crippen molar-refractivity contribution in [1.29, 1.82) is 0 Å². The molecule has 0 saturated heterocycles. The quantitative estimate of drug-likeness (QED) is 0.685. The SMILES string of the molecule is Cc1nc2c(sc3nc4c(cc32)CN(C)CC4)c(=O)[nH]1. The molecule has 0 fully saturated rings. The van der Waals surface area contributed by atoms with Crippen molar-refractivity contribution in [2.24, 2.45) is 0 Å². The van der Waals surface area contributed by atoms with Gasteiger partial charge >= 0.3 is 0 Å². The molecule has 0 bridgehead atoms. The number of aromatic amines is 1. The molecular formula is C14H14N4OS. The average molecular weight is 286 g/mol. The van der Waals surface area contributed by atoms with Crippen molar-refractivity contribution in [3.05, 3.63) is 33.5 Å². The summed E-state index contributed by atoms with van der Waals surface area (Å²) in [4.78, 5) is 27.2. The fraction of sp³-hybridized carbons (Fsp3) is 0.357. The summed E-state index contributed by atoms with van der Waals surface area (Å²) in [5.74, 6) is 0.650. The van der Waals surface area contributed by atoms with E-state index in [9.17, 15) is 4.79 Å². The van der Waals surface area contributed by atoms with Gasteiger partial charge in [-0.25, -0.2) is 9.97 Å². The zero-order chi connectivity index (χ0) is 13.9. The summed E-state index contributed by atoms with van der Waals surface area (Å²) >= 11 is 1.44. The maximum absolute atomic E-state index is 12.0. The number of nitrogens with zero attached hydrogens (tertiary/aromatic N) is 3. The Morgan fingerprint density at radius 1 is 1.40 bits per heavy atom. The van der Waals surface area contributed by atoms with Crippen LogP contribution < -0.4 is 5.56 Å². The van der Waals surface area contributed by atoms with Crippen LogP contribution in [-0.2, 0) is 13.0 Å². The minimum absolute atomic E-state index is 0.0643. The Morgan fingerprint density at radius 3 is 3.10 bits per heavy atom. The molecule has 4 heterocycles. The molecule has 0 atom stereocenters. The smallest absolute Gasteiger partial charge is 0.268 e. The Balaban J connectivity index is 2.09. The Labute approximate surface area is 119 Å². The van der Waals surface area contributed by atoms with Crippen LogP contribution >= 0.6 is 11.3 Å². The van der Waals surface area contributed by atoms with Gasteiger partial charge in [0.2, 0.25) is 0 Å². The minimum atomic E-state index is -0.0643. The molecular weight excluding hydrogens is 272 g/mol. The molecule has 3 aromatic rings. The molecule has 0 spiro atoms. The molecule has 3 aromatic heterocycles. The second-order valence-corrected chi connectivity index (χ2v) is 6.36. The summed E-state index contributed by atoms with van der Waals surface area (Å²) in [6, 6.07) is 2.16. The predicted molar refractivity (Wildman–Crippen MR) is 80.3 cm³/mol. The van der Waals surface area contributed by atoms with Crippen LogP contribution in [0.2, 0.25) is 0 Å². The number of aryl methyl sites for hydroxylation is 1. The monoisotopic (exact) mass is 286 g/mol. The molecule has 1 N–H and O–H groups in total. The third-order valence-electron chi connectivity index (χ3n) is 3.78. The minimum Gasteiger partial charge on any atom is -0.310 e. The number of aromatic nitrogens is 3. The summed E-state index contributed by atoms with van der Waals surface area (Å²) < 4.78 is 0.675. The third kappa shape index (κ3) is 1.68. The van der Waals surface area contributed by atoms with E-state index in [4.69, 9.17) is 4.98 Å². The van der Waals surface area contributed by atoms with Crippen molar-refractivity contribution in [3.8, 4) is 0 Å². The largest absolute Gasteiger partial charge is 0.310 e. The summed E-state index contributed by atoms with van der Waals surface area (Å²) in [6.07, 6.45) is 0.971. The topological polar surface area (TPSA) is 61.9 Å². The molecule has 0 radical (unpaired) electrons. The highest BCUT2D eigenvalue weighted by atomic mass is 32.1. The first-order chi connectivity index (χ1) is 9.61. The van der Waals surface area contributed by atoms with Gasteiger partial charge in [0.05, 0.1) is 5.52 Å². The summed E-state index contributed by atoms with van der Waals surface area (Å²) in [7, 11) is 2.12. The van der Waals surface area contributed by atoms with Crippen LogP contribution in [0.4, 0.5) is 0 Å². The van der Waals surface area contributed by atoms with Gasteiger partial charge < -0.3 is 9.88 Å². The molecule has 0 aliphatic carbocycles. The number of nitrogens with one attached hydrogen (secondary N) is 1. The Bertz CT molecular complexity index is 895. The standard InChI is InChI=1S/C14H14N4OS/c1-7-15-11-9-5-8-6-18(2)4-3-10(8)17-14(9)20-12(11)13(19)16-7/h5H,3-4,6H2,1-2H3,(H,15,16,19). The second-order valence-electron chi connectivity index (χ2n) is 5.37. The van der Waals surface area contributed by atoms with Gasteiger partial charge in [-0.15, -0.1) is 11.3 Å². The lowest BCUT2D eigenvalue weighted by molar-refractivity contribution is 0.310. The summed E-state index contributed by atoms with van der Waals surface area (Å²) in [5.41, 5.74) is 3.14. The van der Waals surface area contributed by atoms with Crippen LogP contribution in [-0.4, -0.2) is 33.4 Å². The van der Waals surface area contributed by atoms with Crippen LogP contribution in [0.5, 0.6) is 0 Å². The highest BCUT2D eigenvalue weighted by molar-refractivity contribution is 7.25. The molecule has 5 nitrogen and oxygen atoms in total. The Kier molecular flexibility index (Phi) is 2.46. The molecule has 20 heavy (non-hydrogen) atoms. The molecule has 1 aliphatic heterocycles. The predicted octanol–water partition coefficient (Wildman–Crippen LogP) is 1.83. The van der Waals surface area contributed by atoms with Gasteiger partial charge in [0, 0.05) is 30.6 Å². The first kappa shape index (κ1) is 12.0. The maximum atomic E-state index is 12.0. The van der Waals surface area contributed by atoms with Gasteiger partial charge in [-0.2, -0.15) is 0 Å². The molecule has 4 rings (SSSR count). The van der Waals surface area contributed by atoms with E-state index in [1.165, 1.54) is 16.9 Å². The summed E-state index contributed by atoms with van der Waals surface area (Å²) in [6.45, 7) is 3.76. The number of hydrogen-bond donors (Lipinski definition) is 1. The van der Waals surface area contributed by atoms with Crippen LogP contribution in [0.3, 0.4) is 0 Å². The number of likely N-dealkylation sites (N-methyl/N-ethyl adjacent to an activating group) is 1. The zero-order valence-electron chi connectivity index (χ0n) is 11.4. The van der Waals surface area contributed by atoms with E-state index >= 15 is 0 Å². The number of pyridine rings is 1. The van der Waals surface area contributed by atoms with Crippen molar-refractivity contribution in [2.75, 3.05) is 13.6 Å².